The predicted octanol–water partition coefficient (Wildman–Crippen LogP) is 2.68. The molecule has 1 fully saturated rings. The lowest BCUT2D eigenvalue weighted by Crippen LogP contribution is -2.25. The molecule has 0 radical (unpaired) electrons. The lowest BCUT2D eigenvalue weighted by atomic mass is 9.86. The summed E-state index contributed by atoms with van der Waals surface area (Å²) in [6.07, 6.45) is 7.59. The zero-order valence-corrected chi connectivity index (χ0v) is 8.29. The van der Waals surface area contributed by atoms with Crippen LogP contribution in [0.5, 0.6) is 0 Å². The van der Waals surface area contributed by atoms with E-state index < -0.39 is 0 Å². The lowest BCUT2D eigenvalue weighted by Gasteiger charge is -2.26. The van der Waals surface area contributed by atoms with E-state index in [1.807, 2.05) is 6.92 Å². The van der Waals surface area contributed by atoms with E-state index in [-0.39, 0.29) is 12.1 Å². The second-order valence-corrected chi connectivity index (χ2v) is 3.74. The molecule has 1 aliphatic carbocycles. The maximum Gasteiger partial charge on any atom is 0.330 e. The van der Waals surface area contributed by atoms with Crippen molar-refractivity contribution in [1.82, 2.24) is 0 Å². The molecule has 13 heavy (non-hydrogen) atoms. The summed E-state index contributed by atoms with van der Waals surface area (Å²) in [5.74, 6) is 0.274. The highest BCUT2D eigenvalue weighted by molar-refractivity contribution is 5.81. The van der Waals surface area contributed by atoms with E-state index >= 15 is 0 Å². The molecule has 1 unspecified atom stereocenters. The molecule has 0 heterocycles. The van der Waals surface area contributed by atoms with Gasteiger partial charge < -0.3 is 4.74 Å². The molecule has 0 N–H and O–H groups in total. The molecule has 1 atom stereocenters. The minimum absolute atomic E-state index is 0.0609. The molecule has 0 spiro atoms. The first-order valence-corrected chi connectivity index (χ1v) is 5.07. The Bertz CT molecular complexity index is 181. The van der Waals surface area contributed by atoms with Gasteiger partial charge in [0.05, 0.1) is 0 Å². The largest absolute Gasteiger partial charge is 0.459 e. The fourth-order valence-electron chi connectivity index (χ4n) is 1.93. The van der Waals surface area contributed by atoms with Crippen LogP contribution in [-0.4, -0.2) is 12.1 Å². The Labute approximate surface area is 80.0 Å². The van der Waals surface area contributed by atoms with Crippen molar-refractivity contribution in [1.29, 1.82) is 0 Å². The SMILES string of the molecule is C=CC(=O)OC(C)C1CCCCC1. The van der Waals surface area contributed by atoms with Crippen molar-refractivity contribution in [2.45, 2.75) is 45.1 Å². The van der Waals surface area contributed by atoms with Gasteiger partial charge in [0.15, 0.2) is 0 Å². The Morgan fingerprint density at radius 2 is 2.08 bits per heavy atom. The summed E-state index contributed by atoms with van der Waals surface area (Å²) in [6, 6.07) is 0. The molecule has 1 rings (SSSR count). The molecule has 1 saturated carbocycles. The van der Waals surface area contributed by atoms with Gasteiger partial charge in [-0.2, -0.15) is 0 Å². The van der Waals surface area contributed by atoms with Crippen LogP contribution in [0.4, 0.5) is 0 Å². The Balaban J connectivity index is 2.32. The molecule has 0 aromatic rings. The molecule has 74 valence electrons. The van der Waals surface area contributed by atoms with Crippen LogP contribution < -0.4 is 0 Å². The third kappa shape index (κ3) is 3.21. The quantitative estimate of drug-likeness (QED) is 0.495. The number of carbonyl (C=O) groups excluding carboxylic acids is 1. The standard InChI is InChI=1S/C11H18O2/c1-3-11(12)13-9(2)10-7-5-4-6-8-10/h3,9-10H,1,4-8H2,2H3. The third-order valence-electron chi connectivity index (χ3n) is 2.78. The smallest absolute Gasteiger partial charge is 0.330 e. The first kappa shape index (κ1) is 10.3. The third-order valence-corrected chi connectivity index (χ3v) is 2.78. The zero-order chi connectivity index (χ0) is 9.68. The zero-order valence-electron chi connectivity index (χ0n) is 8.29. The first-order chi connectivity index (χ1) is 6.24. The number of hydrogen-bond donors (Lipinski definition) is 0. The van der Waals surface area contributed by atoms with Gasteiger partial charge in [0.25, 0.3) is 0 Å². The van der Waals surface area contributed by atoms with Gasteiger partial charge in [0, 0.05) is 6.08 Å². The highest BCUT2D eigenvalue weighted by atomic mass is 16.5. The molecular weight excluding hydrogens is 164 g/mol. The summed E-state index contributed by atoms with van der Waals surface area (Å²) in [7, 11) is 0. The van der Waals surface area contributed by atoms with Crippen molar-refractivity contribution in [3.05, 3.63) is 12.7 Å². The van der Waals surface area contributed by atoms with Gasteiger partial charge in [-0.25, -0.2) is 4.79 Å². The summed E-state index contributed by atoms with van der Waals surface area (Å²) in [5, 5.41) is 0. The van der Waals surface area contributed by atoms with Crippen LogP contribution in [0, 0.1) is 5.92 Å². The van der Waals surface area contributed by atoms with Gasteiger partial charge >= 0.3 is 5.97 Å². The highest BCUT2D eigenvalue weighted by Gasteiger charge is 2.21. The van der Waals surface area contributed by atoms with Crippen molar-refractivity contribution >= 4 is 5.97 Å². The Morgan fingerprint density at radius 1 is 1.46 bits per heavy atom. The van der Waals surface area contributed by atoms with Crippen molar-refractivity contribution in [2.75, 3.05) is 0 Å². The molecular formula is C11H18O2. The number of ether oxygens (including phenoxy) is 1. The lowest BCUT2D eigenvalue weighted by molar-refractivity contribution is -0.145. The van der Waals surface area contributed by atoms with Crippen LogP contribution in [0.15, 0.2) is 12.7 Å². The molecule has 0 bridgehead atoms. The van der Waals surface area contributed by atoms with Crippen LogP contribution in [0.1, 0.15) is 39.0 Å². The summed E-state index contributed by atoms with van der Waals surface area (Å²) in [5.41, 5.74) is 0. The van der Waals surface area contributed by atoms with Crippen molar-refractivity contribution in [3.8, 4) is 0 Å². The Morgan fingerprint density at radius 3 is 2.62 bits per heavy atom. The molecule has 0 saturated heterocycles. The van der Waals surface area contributed by atoms with Crippen LogP contribution in [0.25, 0.3) is 0 Å². The normalized spacial score (nSPS) is 20.7. The maximum absolute atomic E-state index is 10.9. The first-order valence-electron chi connectivity index (χ1n) is 5.07. The summed E-state index contributed by atoms with van der Waals surface area (Å²) >= 11 is 0. The molecule has 2 heteroatoms. The summed E-state index contributed by atoms with van der Waals surface area (Å²) in [4.78, 5) is 10.9. The van der Waals surface area contributed by atoms with Gasteiger partial charge in [0.2, 0.25) is 0 Å². The monoisotopic (exact) mass is 182 g/mol. The number of carbonyl (C=O) groups is 1. The van der Waals surface area contributed by atoms with E-state index in [1.165, 1.54) is 38.2 Å². The van der Waals surface area contributed by atoms with E-state index in [4.69, 9.17) is 4.74 Å². The van der Waals surface area contributed by atoms with Crippen LogP contribution in [-0.2, 0) is 9.53 Å². The van der Waals surface area contributed by atoms with Gasteiger partial charge in [-0.1, -0.05) is 25.8 Å². The fourth-order valence-corrected chi connectivity index (χ4v) is 1.93. The molecule has 0 aromatic heterocycles. The fraction of sp³-hybridized carbons (Fsp3) is 0.727. The van der Waals surface area contributed by atoms with Gasteiger partial charge in [-0.05, 0) is 25.7 Å². The number of rotatable bonds is 3. The Kier molecular flexibility index (Phi) is 4.00. The minimum atomic E-state index is -0.293. The second-order valence-electron chi connectivity index (χ2n) is 3.74. The number of hydrogen-bond acceptors (Lipinski definition) is 2. The van der Waals surface area contributed by atoms with E-state index in [0.29, 0.717) is 5.92 Å². The average molecular weight is 182 g/mol. The van der Waals surface area contributed by atoms with Crippen LogP contribution in [0.3, 0.4) is 0 Å². The van der Waals surface area contributed by atoms with E-state index in [2.05, 4.69) is 6.58 Å². The van der Waals surface area contributed by atoms with Crippen LogP contribution in [0.2, 0.25) is 0 Å². The van der Waals surface area contributed by atoms with Gasteiger partial charge in [-0.15, -0.1) is 0 Å². The molecule has 0 aromatic carbocycles. The molecule has 0 aliphatic heterocycles. The van der Waals surface area contributed by atoms with Crippen molar-refractivity contribution in [3.63, 3.8) is 0 Å². The maximum atomic E-state index is 10.9. The van der Waals surface area contributed by atoms with E-state index in [9.17, 15) is 4.79 Å². The van der Waals surface area contributed by atoms with Gasteiger partial charge in [0.1, 0.15) is 6.10 Å². The molecule has 2 nitrogen and oxygen atoms in total. The minimum Gasteiger partial charge on any atom is -0.459 e. The van der Waals surface area contributed by atoms with Crippen molar-refractivity contribution in [2.24, 2.45) is 5.92 Å². The summed E-state index contributed by atoms with van der Waals surface area (Å²) in [6.45, 7) is 5.37. The Hall–Kier alpha value is -0.790. The average Bonchev–Trinajstić information content (AvgIpc) is 2.19. The second kappa shape index (κ2) is 5.05. The van der Waals surface area contributed by atoms with Crippen LogP contribution >= 0.6 is 0 Å². The number of esters is 1. The summed E-state index contributed by atoms with van der Waals surface area (Å²) < 4.78 is 5.18. The molecule has 1 aliphatic rings. The topological polar surface area (TPSA) is 26.3 Å². The predicted molar refractivity (Wildman–Crippen MR) is 52.3 cm³/mol. The van der Waals surface area contributed by atoms with E-state index in [0.717, 1.165) is 0 Å². The molecule has 0 amide bonds. The van der Waals surface area contributed by atoms with Gasteiger partial charge in [-0.3, -0.25) is 0 Å². The van der Waals surface area contributed by atoms with Crippen molar-refractivity contribution < 1.29 is 9.53 Å². The highest BCUT2D eigenvalue weighted by Crippen LogP contribution is 2.27. The van der Waals surface area contributed by atoms with E-state index in [1.54, 1.807) is 0 Å².